The van der Waals surface area contributed by atoms with Gasteiger partial charge in [-0.2, -0.15) is 5.10 Å². The Hall–Kier alpha value is -5.50. The number of nitrogens with one attached hydrogen (secondary N) is 1. The highest BCUT2D eigenvalue weighted by Gasteiger charge is 2.34. The van der Waals surface area contributed by atoms with E-state index >= 15 is 0 Å². The average Bonchev–Trinajstić information content (AvgIpc) is 3.85. The maximum atomic E-state index is 14.2. The SMILES string of the molecule is C[C@H]1CCCCN1c1nnc2ccc(O[C@@H]3CC[C@H](NC(=O)N(OC=O)c4cc(C(C)(C)C)nn4-c4ccc(CN5CCC(F)CC5)cc4)c4ccccc43)cn12. The van der Waals surface area contributed by atoms with Gasteiger partial charge in [-0.25, -0.2) is 13.9 Å². The Morgan fingerprint density at radius 1 is 0.947 bits per heavy atom. The number of anilines is 2. The first kappa shape index (κ1) is 38.4. The van der Waals surface area contributed by atoms with Gasteiger partial charge in [0.25, 0.3) is 0 Å². The van der Waals surface area contributed by atoms with Crippen LogP contribution in [0.15, 0.2) is 72.9 Å². The molecule has 3 aromatic heterocycles. The zero-order chi connectivity index (χ0) is 39.7. The lowest BCUT2D eigenvalue weighted by atomic mass is 9.85. The number of hydrogen-bond donors (Lipinski definition) is 1. The van der Waals surface area contributed by atoms with Gasteiger partial charge in [-0.15, -0.1) is 15.3 Å². The van der Waals surface area contributed by atoms with Gasteiger partial charge in [0.05, 0.1) is 23.6 Å². The number of hydroxylamine groups is 1. The number of halogens is 1. The predicted octanol–water partition coefficient (Wildman–Crippen LogP) is 7.78. The molecule has 13 nitrogen and oxygen atoms in total. The fourth-order valence-electron chi connectivity index (χ4n) is 8.30. The van der Waals surface area contributed by atoms with E-state index in [1.807, 2.05) is 92.0 Å². The topological polar surface area (TPSA) is 122 Å². The number of benzene rings is 2. The van der Waals surface area contributed by atoms with Crippen molar-refractivity contribution >= 4 is 29.9 Å². The molecule has 3 atom stereocenters. The molecular formula is C43H52FN9O4. The van der Waals surface area contributed by atoms with Crippen LogP contribution in [0.2, 0.25) is 0 Å². The lowest BCUT2D eigenvalue weighted by molar-refractivity contribution is -0.129. The van der Waals surface area contributed by atoms with Gasteiger partial charge in [0.1, 0.15) is 18.0 Å². The summed E-state index contributed by atoms with van der Waals surface area (Å²) in [7, 11) is 0. The van der Waals surface area contributed by atoms with E-state index in [1.54, 1.807) is 10.7 Å². The molecule has 3 aliphatic rings. The van der Waals surface area contributed by atoms with Crippen molar-refractivity contribution in [3.05, 3.63) is 95.3 Å². The molecule has 2 aromatic carbocycles. The molecule has 8 rings (SSSR count). The van der Waals surface area contributed by atoms with Gasteiger partial charge in [0.2, 0.25) is 5.95 Å². The standard InChI is InChI=1S/C43H52FN9O4/c1-29-9-7-8-22-50(29)41-47-46-39-19-16-33(27-51(39)41)57-37-18-17-36(34-10-5-6-11-35(34)37)45-42(55)53(56-28-54)40-25-38(43(2,3)4)48-52(40)32-14-12-30(13-15-32)26-49-23-20-31(44)21-24-49/h5-6,10-16,19,25,27-29,31,36-37H,7-9,17-18,20-24,26H2,1-4H3,(H,45,55)/t29-,36-,37+/m0/s1. The summed E-state index contributed by atoms with van der Waals surface area (Å²) in [6.07, 6.45) is 6.80. The molecule has 1 N–H and O–H groups in total. The molecule has 0 unspecified atom stereocenters. The number of likely N-dealkylation sites (tertiary alicyclic amines) is 1. The monoisotopic (exact) mass is 777 g/mol. The largest absolute Gasteiger partial charge is 0.484 e. The van der Waals surface area contributed by atoms with Crippen LogP contribution < -0.4 is 20.0 Å². The van der Waals surface area contributed by atoms with E-state index in [9.17, 15) is 14.0 Å². The number of urea groups is 1. The van der Waals surface area contributed by atoms with Crippen molar-refractivity contribution in [3.63, 3.8) is 0 Å². The molecule has 0 radical (unpaired) electrons. The van der Waals surface area contributed by atoms with Gasteiger partial charge in [0, 0.05) is 43.7 Å². The summed E-state index contributed by atoms with van der Waals surface area (Å²) in [6, 6.07) is 20.9. The number of ether oxygens (including phenoxy) is 1. The minimum absolute atomic E-state index is 0.250. The van der Waals surface area contributed by atoms with Crippen LogP contribution in [-0.2, 0) is 21.6 Å². The number of aromatic nitrogens is 5. The van der Waals surface area contributed by atoms with Crippen molar-refractivity contribution in [3.8, 4) is 11.4 Å². The maximum Gasteiger partial charge on any atom is 0.357 e. The quantitative estimate of drug-likeness (QED) is 0.112. The van der Waals surface area contributed by atoms with Gasteiger partial charge in [-0.1, -0.05) is 57.2 Å². The lowest BCUT2D eigenvalue weighted by Crippen LogP contribution is -2.43. The first-order valence-electron chi connectivity index (χ1n) is 20.2. The van der Waals surface area contributed by atoms with Crippen molar-refractivity contribution in [1.82, 2.24) is 34.6 Å². The van der Waals surface area contributed by atoms with E-state index in [1.165, 1.54) is 6.42 Å². The minimum Gasteiger partial charge on any atom is -0.484 e. The highest BCUT2D eigenvalue weighted by Crippen LogP contribution is 2.40. The smallest absolute Gasteiger partial charge is 0.357 e. The van der Waals surface area contributed by atoms with E-state index in [-0.39, 0.29) is 29.9 Å². The first-order chi connectivity index (χ1) is 27.6. The second-order valence-electron chi connectivity index (χ2n) is 16.6. The number of amides is 2. The summed E-state index contributed by atoms with van der Waals surface area (Å²) < 4.78 is 24.0. The minimum atomic E-state index is -0.721. The van der Waals surface area contributed by atoms with Crippen LogP contribution in [-0.4, -0.2) is 73.6 Å². The van der Waals surface area contributed by atoms with Crippen molar-refractivity contribution in [2.75, 3.05) is 29.6 Å². The molecule has 2 aliphatic heterocycles. The molecule has 0 bridgehead atoms. The van der Waals surface area contributed by atoms with Gasteiger partial charge >= 0.3 is 12.5 Å². The maximum absolute atomic E-state index is 14.2. The molecule has 2 fully saturated rings. The highest BCUT2D eigenvalue weighted by molar-refractivity contribution is 5.90. The van der Waals surface area contributed by atoms with Crippen molar-refractivity contribution in [2.24, 2.45) is 0 Å². The normalized spacial score (nSPS) is 20.6. The molecule has 1 aliphatic carbocycles. The first-order valence-corrected chi connectivity index (χ1v) is 20.2. The second kappa shape index (κ2) is 16.2. The van der Waals surface area contributed by atoms with E-state index < -0.39 is 12.2 Å². The average molecular weight is 778 g/mol. The van der Waals surface area contributed by atoms with Gasteiger partial charge in [-0.05, 0) is 92.8 Å². The molecule has 5 aromatic rings. The Labute approximate surface area is 332 Å². The number of rotatable bonds is 10. The molecule has 0 spiro atoms. The molecule has 14 heteroatoms. The van der Waals surface area contributed by atoms with E-state index in [0.717, 1.165) is 72.4 Å². The molecular weight excluding hydrogens is 726 g/mol. The number of nitrogens with zero attached hydrogens (tertiary/aromatic N) is 8. The van der Waals surface area contributed by atoms with E-state index in [0.29, 0.717) is 48.9 Å². The van der Waals surface area contributed by atoms with Crippen LogP contribution in [0, 0.1) is 0 Å². The number of carbonyl (C=O) groups excluding carboxylic acids is 2. The van der Waals surface area contributed by atoms with Crippen LogP contribution in [0.1, 0.15) is 107 Å². The number of fused-ring (bicyclic) bond motifs is 2. The third-order valence-corrected chi connectivity index (χ3v) is 11.5. The second-order valence-corrected chi connectivity index (χ2v) is 16.6. The zero-order valence-electron chi connectivity index (χ0n) is 33.2. The van der Waals surface area contributed by atoms with Gasteiger partial charge < -0.3 is 19.8 Å². The Morgan fingerprint density at radius 2 is 1.72 bits per heavy atom. The van der Waals surface area contributed by atoms with Crippen LogP contribution in [0.3, 0.4) is 0 Å². The number of alkyl halides is 1. The van der Waals surface area contributed by atoms with E-state index in [2.05, 4.69) is 32.2 Å². The molecule has 57 heavy (non-hydrogen) atoms. The predicted molar refractivity (Wildman–Crippen MR) is 215 cm³/mol. The highest BCUT2D eigenvalue weighted by atomic mass is 19.1. The summed E-state index contributed by atoms with van der Waals surface area (Å²) in [5.74, 6) is 1.82. The van der Waals surface area contributed by atoms with Gasteiger partial charge in [0.15, 0.2) is 11.5 Å². The summed E-state index contributed by atoms with van der Waals surface area (Å²) in [4.78, 5) is 36.2. The van der Waals surface area contributed by atoms with Crippen LogP contribution >= 0.6 is 0 Å². The Morgan fingerprint density at radius 3 is 2.46 bits per heavy atom. The molecule has 2 saturated heterocycles. The van der Waals surface area contributed by atoms with Crippen LogP contribution in [0.5, 0.6) is 5.75 Å². The zero-order valence-corrected chi connectivity index (χ0v) is 33.2. The molecule has 0 saturated carbocycles. The lowest BCUT2D eigenvalue weighted by Gasteiger charge is -2.34. The van der Waals surface area contributed by atoms with Crippen molar-refractivity contribution in [1.29, 1.82) is 0 Å². The van der Waals surface area contributed by atoms with E-state index in [4.69, 9.17) is 14.7 Å². The number of carbonyl (C=O) groups is 2. The fourth-order valence-corrected chi connectivity index (χ4v) is 8.30. The van der Waals surface area contributed by atoms with Gasteiger partial charge in [-0.3, -0.25) is 14.1 Å². The molecule has 300 valence electrons. The molecule has 2 amide bonds. The van der Waals surface area contributed by atoms with Crippen molar-refractivity contribution in [2.45, 2.75) is 109 Å². The summed E-state index contributed by atoms with van der Waals surface area (Å²) in [5.41, 5.74) is 4.81. The summed E-state index contributed by atoms with van der Waals surface area (Å²) >= 11 is 0. The Kier molecular flexibility index (Phi) is 10.9. The summed E-state index contributed by atoms with van der Waals surface area (Å²) in [5, 5.41) is 18.0. The van der Waals surface area contributed by atoms with Crippen LogP contribution in [0.25, 0.3) is 11.3 Å². The van der Waals surface area contributed by atoms with Crippen LogP contribution in [0.4, 0.5) is 21.0 Å². The number of piperidine rings is 2. The third-order valence-electron chi connectivity index (χ3n) is 11.5. The number of pyridine rings is 1. The Balaban J connectivity index is 1.02. The molecule has 5 heterocycles. The third kappa shape index (κ3) is 8.18. The van der Waals surface area contributed by atoms with Crippen molar-refractivity contribution < 1.29 is 23.6 Å². The fraction of sp³-hybridized carbons (Fsp3) is 0.465. The number of hydrogen-bond acceptors (Lipinski definition) is 9. The summed E-state index contributed by atoms with van der Waals surface area (Å²) in [6.45, 7) is 11.7. The Bertz CT molecular complexity index is 2190.